The number of benzene rings is 1. The van der Waals surface area contributed by atoms with Crippen molar-refractivity contribution in [2.75, 3.05) is 31.1 Å². The first-order valence-electron chi connectivity index (χ1n) is 10.5. The molecule has 0 unspecified atom stereocenters. The minimum Gasteiger partial charge on any atom is -0.467 e. The summed E-state index contributed by atoms with van der Waals surface area (Å²) in [6.45, 7) is 10.2. The molecule has 0 amide bonds. The number of aryl methyl sites for hydroxylation is 1. The highest BCUT2D eigenvalue weighted by atomic mass is 19.1. The molecule has 158 valence electrons. The van der Waals surface area contributed by atoms with Gasteiger partial charge in [-0.15, -0.1) is 0 Å². The summed E-state index contributed by atoms with van der Waals surface area (Å²) in [5.74, 6) is 0.859. The third-order valence-electron chi connectivity index (χ3n) is 6.34. The topological polar surface area (TPSA) is 42.8 Å². The molecule has 2 aromatic heterocycles. The smallest absolute Gasteiger partial charge is 0.221 e. The first-order valence-corrected chi connectivity index (χ1v) is 10.5. The number of Topliss-reactive ketones (excluding diaryl/α,β-unsaturated/α-hetero) is 1. The van der Waals surface area contributed by atoms with E-state index in [0.29, 0.717) is 6.54 Å². The highest BCUT2D eigenvalue weighted by molar-refractivity contribution is 6.00. The number of rotatable bonds is 6. The van der Waals surface area contributed by atoms with E-state index in [1.54, 1.807) is 6.26 Å². The van der Waals surface area contributed by atoms with Crippen LogP contribution < -0.4 is 9.80 Å². The van der Waals surface area contributed by atoms with Crippen molar-refractivity contribution < 1.29 is 18.5 Å². The molecule has 3 aromatic rings. The normalized spacial score (nSPS) is 16.1. The third kappa shape index (κ3) is 4.05. The fourth-order valence-corrected chi connectivity index (χ4v) is 4.41. The second kappa shape index (κ2) is 8.48. The molecule has 0 spiro atoms. The summed E-state index contributed by atoms with van der Waals surface area (Å²) in [5, 5.41) is 0. The predicted octanol–water partition coefficient (Wildman–Crippen LogP) is 2.86. The Morgan fingerprint density at radius 1 is 1.17 bits per heavy atom. The molecule has 3 heterocycles. The number of nitrogens with one attached hydrogen (secondary N) is 1. The van der Waals surface area contributed by atoms with E-state index in [0.717, 1.165) is 54.6 Å². The van der Waals surface area contributed by atoms with Gasteiger partial charge < -0.3 is 18.8 Å². The fraction of sp³-hybridized carbons (Fsp3) is 0.375. The van der Waals surface area contributed by atoms with Crippen LogP contribution >= 0.6 is 0 Å². The molecule has 0 radical (unpaired) electrons. The van der Waals surface area contributed by atoms with Gasteiger partial charge in [-0.1, -0.05) is 0 Å². The van der Waals surface area contributed by atoms with Gasteiger partial charge in [-0.3, -0.25) is 4.79 Å². The first-order chi connectivity index (χ1) is 14.4. The summed E-state index contributed by atoms with van der Waals surface area (Å²) in [5.41, 5.74) is 3.90. The van der Waals surface area contributed by atoms with Crippen molar-refractivity contribution in [1.82, 2.24) is 4.57 Å². The molecular formula is C24H29FN3O2+. The van der Waals surface area contributed by atoms with Crippen LogP contribution in [0.1, 0.15) is 34.4 Å². The second-order valence-electron chi connectivity index (χ2n) is 8.16. The standard InChI is InChI=1S/C24H28FN3O2/c1-17-15-23(18(2)28(17)16-22-5-4-14-30-22)24(29)19(3)26-10-12-27(13-11-26)21-8-6-20(25)7-9-21/h4-9,14-15,19H,10-13,16H2,1-3H3/p+1/t19-/m1/s1. The molecule has 1 atom stereocenters. The minimum atomic E-state index is -0.216. The van der Waals surface area contributed by atoms with Gasteiger partial charge >= 0.3 is 0 Å². The third-order valence-corrected chi connectivity index (χ3v) is 6.34. The van der Waals surface area contributed by atoms with Crippen LogP contribution in [0.5, 0.6) is 0 Å². The Balaban J connectivity index is 1.42. The van der Waals surface area contributed by atoms with Gasteiger partial charge in [-0.2, -0.15) is 0 Å². The van der Waals surface area contributed by atoms with E-state index in [-0.39, 0.29) is 17.6 Å². The summed E-state index contributed by atoms with van der Waals surface area (Å²) < 4.78 is 20.8. The van der Waals surface area contributed by atoms with Gasteiger partial charge in [0.05, 0.1) is 39.0 Å². The molecule has 1 fully saturated rings. The Hall–Kier alpha value is -2.86. The van der Waals surface area contributed by atoms with E-state index in [9.17, 15) is 9.18 Å². The van der Waals surface area contributed by atoms with Crippen molar-refractivity contribution in [3.05, 3.63) is 77.3 Å². The summed E-state index contributed by atoms with van der Waals surface area (Å²) in [4.78, 5) is 16.9. The van der Waals surface area contributed by atoms with Crippen LogP contribution in [-0.2, 0) is 6.54 Å². The largest absolute Gasteiger partial charge is 0.467 e. The van der Waals surface area contributed by atoms with Crippen molar-refractivity contribution in [3.8, 4) is 0 Å². The lowest BCUT2D eigenvalue weighted by atomic mass is 10.0. The van der Waals surface area contributed by atoms with Crippen LogP contribution in [0.3, 0.4) is 0 Å². The summed E-state index contributed by atoms with van der Waals surface area (Å²) in [6, 6.07) is 12.4. The van der Waals surface area contributed by atoms with Crippen LogP contribution in [-0.4, -0.2) is 42.6 Å². The van der Waals surface area contributed by atoms with Crippen molar-refractivity contribution >= 4 is 11.5 Å². The summed E-state index contributed by atoms with van der Waals surface area (Å²) >= 11 is 0. The van der Waals surface area contributed by atoms with Crippen molar-refractivity contribution in [2.45, 2.75) is 33.4 Å². The molecule has 1 aliphatic heterocycles. The quantitative estimate of drug-likeness (QED) is 0.636. The first kappa shape index (κ1) is 20.4. The fourth-order valence-electron chi connectivity index (χ4n) is 4.41. The zero-order valence-corrected chi connectivity index (χ0v) is 17.8. The van der Waals surface area contributed by atoms with Crippen molar-refractivity contribution in [2.24, 2.45) is 0 Å². The lowest BCUT2D eigenvalue weighted by Gasteiger charge is -2.36. The number of carbonyl (C=O) groups is 1. The van der Waals surface area contributed by atoms with Crippen LogP contribution in [0.25, 0.3) is 0 Å². The average Bonchev–Trinajstić information content (AvgIpc) is 3.37. The van der Waals surface area contributed by atoms with E-state index >= 15 is 0 Å². The number of furan rings is 1. The molecular weight excluding hydrogens is 381 g/mol. The number of hydrogen-bond acceptors (Lipinski definition) is 3. The zero-order valence-electron chi connectivity index (χ0n) is 17.8. The molecule has 1 saturated heterocycles. The summed E-state index contributed by atoms with van der Waals surface area (Å²) in [7, 11) is 0. The van der Waals surface area contributed by atoms with E-state index in [1.165, 1.54) is 17.0 Å². The number of nitrogens with zero attached hydrogens (tertiary/aromatic N) is 2. The molecule has 1 aromatic carbocycles. The Morgan fingerprint density at radius 3 is 2.50 bits per heavy atom. The SMILES string of the molecule is Cc1cc(C(=O)[C@@H](C)[NH+]2CCN(c3ccc(F)cc3)CC2)c(C)n1Cc1ccco1. The summed E-state index contributed by atoms with van der Waals surface area (Å²) in [6.07, 6.45) is 1.67. The Labute approximate surface area is 176 Å². The molecule has 0 bridgehead atoms. The molecule has 0 saturated carbocycles. The van der Waals surface area contributed by atoms with Crippen LogP contribution in [0.4, 0.5) is 10.1 Å². The molecule has 30 heavy (non-hydrogen) atoms. The van der Waals surface area contributed by atoms with E-state index < -0.39 is 0 Å². The Kier molecular flexibility index (Phi) is 5.77. The van der Waals surface area contributed by atoms with Gasteiger partial charge in [-0.05, 0) is 63.2 Å². The lowest BCUT2D eigenvalue weighted by Crippen LogP contribution is -3.18. The maximum absolute atomic E-state index is 13.3. The molecule has 1 N–H and O–H groups in total. The maximum atomic E-state index is 13.3. The average molecular weight is 411 g/mol. The molecule has 4 rings (SSSR count). The molecule has 6 heteroatoms. The number of piperazine rings is 1. The number of quaternary nitrogens is 1. The minimum absolute atomic E-state index is 0.0991. The maximum Gasteiger partial charge on any atom is 0.221 e. The van der Waals surface area contributed by atoms with Crippen LogP contribution in [0, 0.1) is 19.7 Å². The number of anilines is 1. The van der Waals surface area contributed by atoms with E-state index in [2.05, 4.69) is 9.47 Å². The van der Waals surface area contributed by atoms with E-state index in [1.807, 2.05) is 51.1 Å². The van der Waals surface area contributed by atoms with Gasteiger partial charge in [0, 0.05) is 22.6 Å². The van der Waals surface area contributed by atoms with E-state index in [4.69, 9.17) is 4.42 Å². The Bertz CT molecular complexity index is 1000. The van der Waals surface area contributed by atoms with Gasteiger partial charge in [0.25, 0.3) is 0 Å². The number of hydrogen-bond donors (Lipinski definition) is 1. The zero-order chi connectivity index (χ0) is 21.3. The van der Waals surface area contributed by atoms with Gasteiger partial charge in [0.15, 0.2) is 0 Å². The van der Waals surface area contributed by atoms with Crippen LogP contribution in [0.2, 0.25) is 0 Å². The van der Waals surface area contributed by atoms with Gasteiger partial charge in [-0.25, -0.2) is 4.39 Å². The van der Waals surface area contributed by atoms with Crippen molar-refractivity contribution in [1.29, 1.82) is 0 Å². The highest BCUT2D eigenvalue weighted by Crippen LogP contribution is 2.19. The number of ketones is 1. The Morgan fingerprint density at radius 2 is 1.87 bits per heavy atom. The molecule has 5 nitrogen and oxygen atoms in total. The number of aromatic nitrogens is 1. The number of halogens is 1. The predicted molar refractivity (Wildman–Crippen MR) is 115 cm³/mol. The number of carbonyl (C=O) groups excluding carboxylic acids is 1. The van der Waals surface area contributed by atoms with Crippen LogP contribution in [0.15, 0.2) is 53.1 Å². The molecule has 0 aliphatic carbocycles. The highest BCUT2D eigenvalue weighted by Gasteiger charge is 2.31. The van der Waals surface area contributed by atoms with Gasteiger partial charge in [0.1, 0.15) is 17.6 Å². The van der Waals surface area contributed by atoms with Gasteiger partial charge in [0.2, 0.25) is 5.78 Å². The molecule has 1 aliphatic rings. The second-order valence-corrected chi connectivity index (χ2v) is 8.16. The monoisotopic (exact) mass is 410 g/mol. The van der Waals surface area contributed by atoms with Crippen molar-refractivity contribution in [3.63, 3.8) is 0 Å². The lowest BCUT2D eigenvalue weighted by molar-refractivity contribution is -0.914.